The molecule has 5 nitrogen and oxygen atoms in total. The third-order valence-electron chi connectivity index (χ3n) is 4.48. The van der Waals surface area contributed by atoms with Gasteiger partial charge in [-0.3, -0.25) is 4.79 Å². The summed E-state index contributed by atoms with van der Waals surface area (Å²) in [4.78, 5) is 14.5. The third-order valence-corrected chi connectivity index (χ3v) is 6.67. The van der Waals surface area contributed by atoms with Crippen LogP contribution in [0.15, 0.2) is 53.4 Å². The molecule has 2 aromatic rings. The molecule has 1 aliphatic rings. The van der Waals surface area contributed by atoms with E-state index in [2.05, 4.69) is 4.72 Å². The molecule has 0 aliphatic carbocycles. The van der Waals surface area contributed by atoms with Gasteiger partial charge in [0, 0.05) is 18.1 Å². The van der Waals surface area contributed by atoms with Crippen LogP contribution in [0.25, 0.3) is 0 Å². The van der Waals surface area contributed by atoms with Crippen LogP contribution in [0.4, 0.5) is 0 Å². The van der Waals surface area contributed by atoms with Crippen molar-refractivity contribution in [2.45, 2.75) is 30.2 Å². The third kappa shape index (κ3) is 5.02. The summed E-state index contributed by atoms with van der Waals surface area (Å²) in [5.41, 5.74) is 0.870. The lowest BCUT2D eigenvalue weighted by Gasteiger charge is -2.24. The zero-order valence-corrected chi connectivity index (χ0v) is 16.9. The number of nitrogens with zero attached hydrogens (tertiary/aromatic N) is 1. The van der Waals surface area contributed by atoms with Gasteiger partial charge in [-0.1, -0.05) is 53.5 Å². The average molecular weight is 427 g/mol. The molecule has 0 bridgehead atoms. The molecule has 3 rings (SSSR count). The topological polar surface area (TPSA) is 66.5 Å². The number of rotatable bonds is 6. The minimum absolute atomic E-state index is 0.0546. The minimum Gasteiger partial charge on any atom is -0.341 e. The zero-order chi connectivity index (χ0) is 19.4. The Balaban J connectivity index is 1.89. The van der Waals surface area contributed by atoms with Gasteiger partial charge in [0.1, 0.15) is 10.9 Å². The van der Waals surface area contributed by atoms with E-state index in [0.29, 0.717) is 13.1 Å². The number of halogens is 2. The van der Waals surface area contributed by atoms with Crippen molar-refractivity contribution in [2.24, 2.45) is 0 Å². The normalized spacial score (nSPS) is 15.7. The standard InChI is InChI=1S/C19H20Cl2N2O3S/c20-15-8-9-16(21)18(13-15)27(25,26)22-17(12-14-6-2-1-3-7-14)19(24)23-10-4-5-11-23/h1-3,6-9,13,17,22H,4-5,10-12H2/t17-/m0/s1. The molecule has 0 unspecified atom stereocenters. The molecular formula is C19H20Cl2N2O3S. The van der Waals surface area contributed by atoms with Crippen molar-refractivity contribution in [3.8, 4) is 0 Å². The molecule has 1 saturated heterocycles. The summed E-state index contributed by atoms with van der Waals surface area (Å²) in [6.45, 7) is 1.29. The van der Waals surface area contributed by atoms with E-state index < -0.39 is 16.1 Å². The first-order valence-electron chi connectivity index (χ1n) is 8.67. The van der Waals surface area contributed by atoms with Gasteiger partial charge in [-0.2, -0.15) is 4.72 Å². The molecule has 1 N–H and O–H groups in total. The first-order valence-corrected chi connectivity index (χ1v) is 10.9. The molecule has 0 spiro atoms. The summed E-state index contributed by atoms with van der Waals surface area (Å²) in [6, 6.07) is 12.6. The number of benzene rings is 2. The maximum Gasteiger partial charge on any atom is 0.242 e. The van der Waals surface area contributed by atoms with Gasteiger partial charge < -0.3 is 4.90 Å². The first kappa shape index (κ1) is 20.1. The van der Waals surface area contributed by atoms with Gasteiger partial charge in [0.15, 0.2) is 0 Å². The van der Waals surface area contributed by atoms with E-state index >= 15 is 0 Å². The van der Waals surface area contributed by atoms with Crippen LogP contribution in [0.1, 0.15) is 18.4 Å². The van der Waals surface area contributed by atoms with Crippen molar-refractivity contribution in [3.05, 3.63) is 64.1 Å². The quantitative estimate of drug-likeness (QED) is 0.768. The Morgan fingerprint density at radius 3 is 2.41 bits per heavy atom. The van der Waals surface area contributed by atoms with Crippen molar-refractivity contribution in [1.29, 1.82) is 0 Å². The van der Waals surface area contributed by atoms with E-state index in [1.165, 1.54) is 18.2 Å². The van der Waals surface area contributed by atoms with Crippen LogP contribution in [0.3, 0.4) is 0 Å². The lowest BCUT2D eigenvalue weighted by molar-refractivity contribution is -0.131. The van der Waals surface area contributed by atoms with Gasteiger partial charge in [0.2, 0.25) is 15.9 Å². The number of carbonyl (C=O) groups is 1. The Morgan fingerprint density at radius 2 is 1.74 bits per heavy atom. The van der Waals surface area contributed by atoms with E-state index in [0.717, 1.165) is 18.4 Å². The second-order valence-electron chi connectivity index (χ2n) is 6.47. The van der Waals surface area contributed by atoms with Crippen LogP contribution in [0.2, 0.25) is 10.0 Å². The molecule has 2 aromatic carbocycles. The summed E-state index contributed by atoms with van der Waals surface area (Å²) in [6.07, 6.45) is 2.11. The van der Waals surface area contributed by atoms with Crippen LogP contribution in [0.5, 0.6) is 0 Å². The summed E-state index contributed by atoms with van der Waals surface area (Å²) < 4.78 is 28.3. The van der Waals surface area contributed by atoms with Crippen LogP contribution in [-0.2, 0) is 21.2 Å². The molecule has 27 heavy (non-hydrogen) atoms. The van der Waals surface area contributed by atoms with E-state index in [4.69, 9.17) is 23.2 Å². The number of likely N-dealkylation sites (tertiary alicyclic amines) is 1. The second-order valence-corrected chi connectivity index (χ2v) is 9.00. The Hall–Kier alpha value is -1.60. The van der Waals surface area contributed by atoms with Crippen molar-refractivity contribution in [1.82, 2.24) is 9.62 Å². The molecular weight excluding hydrogens is 407 g/mol. The number of amides is 1. The lowest BCUT2D eigenvalue weighted by atomic mass is 10.1. The van der Waals surface area contributed by atoms with Crippen LogP contribution < -0.4 is 4.72 Å². The van der Waals surface area contributed by atoms with Crippen molar-refractivity contribution in [3.63, 3.8) is 0 Å². The van der Waals surface area contributed by atoms with E-state index in [9.17, 15) is 13.2 Å². The fourth-order valence-electron chi connectivity index (χ4n) is 3.12. The fraction of sp³-hybridized carbons (Fsp3) is 0.316. The summed E-state index contributed by atoms with van der Waals surface area (Å²) in [5, 5.41) is 0.309. The molecule has 1 amide bonds. The van der Waals surface area contributed by atoms with Crippen molar-refractivity contribution < 1.29 is 13.2 Å². The largest absolute Gasteiger partial charge is 0.341 e. The Kier molecular flexibility index (Phi) is 6.42. The average Bonchev–Trinajstić information content (AvgIpc) is 3.18. The highest BCUT2D eigenvalue weighted by Gasteiger charge is 2.31. The van der Waals surface area contributed by atoms with Gasteiger partial charge in [-0.15, -0.1) is 0 Å². The highest BCUT2D eigenvalue weighted by Crippen LogP contribution is 2.25. The van der Waals surface area contributed by atoms with Gasteiger partial charge in [0.05, 0.1) is 5.02 Å². The molecule has 0 aromatic heterocycles. The Morgan fingerprint density at radius 1 is 1.07 bits per heavy atom. The lowest BCUT2D eigenvalue weighted by Crippen LogP contribution is -2.48. The molecule has 8 heteroatoms. The SMILES string of the molecule is O=C([C@H](Cc1ccccc1)NS(=O)(=O)c1cc(Cl)ccc1Cl)N1CCCC1. The molecule has 1 aliphatic heterocycles. The number of hydrogen-bond donors (Lipinski definition) is 1. The van der Waals surface area contributed by atoms with Crippen LogP contribution in [-0.4, -0.2) is 38.4 Å². The van der Waals surface area contributed by atoms with E-state index in [-0.39, 0.29) is 27.3 Å². The fourth-order valence-corrected chi connectivity index (χ4v) is 5.07. The molecule has 1 heterocycles. The highest BCUT2D eigenvalue weighted by atomic mass is 35.5. The monoisotopic (exact) mass is 426 g/mol. The Labute approximate surface area is 169 Å². The molecule has 1 fully saturated rings. The predicted molar refractivity (Wildman–Crippen MR) is 107 cm³/mol. The summed E-state index contributed by atoms with van der Waals surface area (Å²) in [5.74, 6) is -0.224. The maximum atomic E-state index is 13.0. The smallest absolute Gasteiger partial charge is 0.242 e. The second kappa shape index (κ2) is 8.61. The zero-order valence-electron chi connectivity index (χ0n) is 14.6. The number of carbonyl (C=O) groups excluding carboxylic acids is 1. The van der Waals surface area contributed by atoms with Crippen molar-refractivity contribution in [2.75, 3.05) is 13.1 Å². The minimum atomic E-state index is -4.02. The number of nitrogens with one attached hydrogen (secondary N) is 1. The van der Waals surface area contributed by atoms with Gasteiger partial charge in [0.25, 0.3) is 0 Å². The highest BCUT2D eigenvalue weighted by molar-refractivity contribution is 7.89. The Bertz CT molecular complexity index is 914. The van der Waals surface area contributed by atoms with Crippen molar-refractivity contribution >= 4 is 39.1 Å². The molecule has 0 radical (unpaired) electrons. The predicted octanol–water partition coefficient (Wildman–Crippen LogP) is 3.51. The summed E-state index contributed by atoms with van der Waals surface area (Å²) in [7, 11) is -4.02. The molecule has 0 saturated carbocycles. The maximum absolute atomic E-state index is 13.0. The van der Waals surface area contributed by atoms with Gasteiger partial charge in [-0.25, -0.2) is 8.42 Å². The van der Waals surface area contributed by atoms with Crippen LogP contribution >= 0.6 is 23.2 Å². The van der Waals surface area contributed by atoms with Crippen LogP contribution in [0, 0.1) is 0 Å². The summed E-state index contributed by atoms with van der Waals surface area (Å²) >= 11 is 12.0. The first-order chi connectivity index (χ1) is 12.9. The number of hydrogen-bond acceptors (Lipinski definition) is 3. The van der Waals surface area contributed by atoms with E-state index in [1.54, 1.807) is 4.90 Å². The molecule has 144 valence electrons. The molecule has 1 atom stereocenters. The van der Waals surface area contributed by atoms with Gasteiger partial charge in [-0.05, 0) is 43.0 Å². The van der Waals surface area contributed by atoms with E-state index in [1.807, 2.05) is 30.3 Å². The van der Waals surface area contributed by atoms with Gasteiger partial charge >= 0.3 is 0 Å². The number of sulfonamides is 1.